The van der Waals surface area contributed by atoms with E-state index < -0.39 is 28.5 Å². The van der Waals surface area contributed by atoms with Crippen molar-refractivity contribution in [1.29, 1.82) is 0 Å². The van der Waals surface area contributed by atoms with Gasteiger partial charge < -0.3 is 5.11 Å². The van der Waals surface area contributed by atoms with E-state index in [1.807, 2.05) is 0 Å². The van der Waals surface area contributed by atoms with Gasteiger partial charge in [-0.05, 0) is 6.92 Å². The van der Waals surface area contributed by atoms with Crippen molar-refractivity contribution in [2.24, 2.45) is 0 Å². The first-order valence-electron chi connectivity index (χ1n) is 3.36. The van der Waals surface area contributed by atoms with Gasteiger partial charge in [-0.25, -0.2) is 0 Å². The van der Waals surface area contributed by atoms with E-state index in [-0.39, 0.29) is 6.20 Å². The predicted octanol–water partition coefficient (Wildman–Crippen LogP) is 1.98. The average Bonchev–Trinajstić information content (AvgIpc) is 2.01. The summed E-state index contributed by atoms with van der Waals surface area (Å²) >= 11 is 0. The molecule has 0 fully saturated rings. The molecule has 0 aromatic heterocycles. The Morgan fingerprint density at radius 1 is 1.21 bits per heavy atom. The largest absolute Gasteiger partial charge is 0.419 e. The van der Waals surface area contributed by atoms with Crippen LogP contribution in [0.2, 0.25) is 0 Å². The lowest BCUT2D eigenvalue weighted by Crippen LogP contribution is -2.64. The van der Waals surface area contributed by atoms with Gasteiger partial charge in [0.15, 0.2) is 0 Å². The molecule has 8 heteroatoms. The van der Waals surface area contributed by atoms with Crippen LogP contribution < -0.4 is 0 Å². The zero-order valence-electron chi connectivity index (χ0n) is 6.74. The molecule has 0 saturated heterocycles. The lowest BCUT2D eigenvalue weighted by Gasteiger charge is -2.40. The van der Waals surface area contributed by atoms with Crippen LogP contribution in [-0.4, -0.2) is 28.1 Å². The van der Waals surface area contributed by atoms with Crippen LogP contribution in [-0.2, 0) is 0 Å². The highest BCUT2D eigenvalue weighted by Gasteiger charge is 2.76. The molecule has 1 unspecified atom stereocenters. The Labute approximate surface area is 74.4 Å². The lowest BCUT2D eigenvalue weighted by atomic mass is 9.98. The minimum absolute atomic E-state index is 0.225. The molecular weight excluding hydrogens is 216 g/mol. The number of hydrogen-bond acceptors (Lipinski definition) is 2. The topological polar surface area (TPSA) is 23.5 Å². The quantitative estimate of drug-likeness (QED) is 0.384. The Hall–Kier alpha value is -0.920. The molecule has 0 spiro atoms. The molecular formula is C6H5F6NO. The Balaban J connectivity index is 3.35. The molecule has 1 aliphatic rings. The second-order valence-corrected chi connectivity index (χ2v) is 2.86. The van der Waals surface area contributed by atoms with Gasteiger partial charge in [0.2, 0.25) is 0 Å². The Morgan fingerprint density at radius 2 is 1.64 bits per heavy atom. The van der Waals surface area contributed by atoms with Crippen molar-refractivity contribution in [1.82, 2.24) is 5.12 Å². The van der Waals surface area contributed by atoms with Gasteiger partial charge in [0, 0.05) is 11.8 Å². The first kappa shape index (κ1) is 11.2. The monoisotopic (exact) mass is 221 g/mol. The van der Waals surface area contributed by atoms with Gasteiger partial charge >= 0.3 is 17.8 Å². The molecule has 0 saturated carbocycles. The van der Waals surface area contributed by atoms with E-state index >= 15 is 0 Å². The van der Waals surface area contributed by atoms with Gasteiger partial charge in [0.05, 0.1) is 0 Å². The summed E-state index contributed by atoms with van der Waals surface area (Å²) < 4.78 is 75.0. The van der Waals surface area contributed by atoms with E-state index in [0.717, 1.165) is 0 Å². The van der Waals surface area contributed by atoms with E-state index in [9.17, 15) is 26.4 Å². The molecule has 1 rings (SSSR count). The molecule has 0 aromatic rings. The molecule has 1 atom stereocenters. The van der Waals surface area contributed by atoms with Crippen molar-refractivity contribution in [2.75, 3.05) is 0 Å². The normalized spacial score (nSPS) is 35.4. The third kappa shape index (κ3) is 1.03. The maximum Gasteiger partial charge on any atom is 0.419 e. The summed E-state index contributed by atoms with van der Waals surface area (Å²) in [5.74, 6) is -10.1. The maximum absolute atomic E-state index is 12.8. The summed E-state index contributed by atoms with van der Waals surface area (Å²) in [4.78, 5) is 0. The summed E-state index contributed by atoms with van der Waals surface area (Å²) in [5.41, 5.74) is -1.24. The van der Waals surface area contributed by atoms with Crippen LogP contribution in [0, 0.1) is 0 Å². The molecule has 0 aliphatic carbocycles. The van der Waals surface area contributed by atoms with Crippen LogP contribution in [0.5, 0.6) is 0 Å². The van der Waals surface area contributed by atoms with Crippen LogP contribution >= 0.6 is 0 Å². The Morgan fingerprint density at radius 3 is 2.07 bits per heavy atom. The second kappa shape index (κ2) is 2.56. The zero-order valence-corrected chi connectivity index (χ0v) is 6.74. The highest BCUT2D eigenvalue weighted by Crippen LogP contribution is 2.51. The minimum Gasteiger partial charge on any atom is -0.354 e. The smallest absolute Gasteiger partial charge is 0.354 e. The van der Waals surface area contributed by atoms with Crippen LogP contribution in [0.25, 0.3) is 0 Å². The first-order chi connectivity index (χ1) is 6.05. The fourth-order valence-electron chi connectivity index (χ4n) is 0.918. The summed E-state index contributed by atoms with van der Waals surface area (Å²) in [6.07, 6.45) is -0.225. The van der Waals surface area contributed by atoms with Crippen molar-refractivity contribution >= 4 is 0 Å². The van der Waals surface area contributed by atoms with E-state index in [4.69, 9.17) is 5.11 Å². The lowest BCUT2D eigenvalue weighted by molar-refractivity contribution is -0.390. The number of alkyl halides is 5. The van der Waals surface area contributed by atoms with Crippen molar-refractivity contribution in [2.45, 2.75) is 24.7 Å². The minimum atomic E-state index is -5.55. The SMILES string of the molecule is CC1=CN(F)C(F)(F)C(F)(F)C1(O)F. The van der Waals surface area contributed by atoms with Gasteiger partial charge in [0.25, 0.3) is 0 Å². The zero-order chi connectivity index (χ0) is 11.4. The van der Waals surface area contributed by atoms with E-state index in [1.54, 1.807) is 0 Å². The van der Waals surface area contributed by atoms with E-state index in [2.05, 4.69) is 0 Å². The number of hydrogen-bond donors (Lipinski definition) is 1. The summed E-state index contributed by atoms with van der Waals surface area (Å²) in [7, 11) is 0. The average molecular weight is 221 g/mol. The van der Waals surface area contributed by atoms with Crippen molar-refractivity contribution < 1.29 is 31.5 Å². The van der Waals surface area contributed by atoms with Crippen LogP contribution in [0.1, 0.15) is 6.92 Å². The van der Waals surface area contributed by atoms with Crippen LogP contribution in [0.3, 0.4) is 0 Å². The van der Waals surface area contributed by atoms with Gasteiger partial charge in [-0.2, -0.15) is 22.0 Å². The molecule has 2 nitrogen and oxygen atoms in total. The molecule has 0 amide bonds. The van der Waals surface area contributed by atoms with Crippen LogP contribution in [0.4, 0.5) is 26.4 Å². The first-order valence-corrected chi connectivity index (χ1v) is 3.36. The second-order valence-electron chi connectivity index (χ2n) is 2.86. The number of aliphatic hydroxyl groups is 1. The molecule has 82 valence electrons. The third-order valence-corrected chi connectivity index (χ3v) is 1.89. The highest BCUT2D eigenvalue weighted by atomic mass is 19.3. The molecule has 0 bridgehead atoms. The predicted molar refractivity (Wildman–Crippen MR) is 32.7 cm³/mol. The maximum atomic E-state index is 12.8. The fourth-order valence-corrected chi connectivity index (χ4v) is 0.918. The van der Waals surface area contributed by atoms with Gasteiger partial charge in [-0.1, -0.05) is 4.48 Å². The van der Waals surface area contributed by atoms with Crippen molar-refractivity contribution in [3.8, 4) is 0 Å². The summed E-state index contributed by atoms with van der Waals surface area (Å²) in [5, 5.41) is 6.84. The number of nitrogens with zero attached hydrogens (tertiary/aromatic N) is 1. The summed E-state index contributed by atoms with van der Waals surface area (Å²) in [6.45, 7) is 0.565. The molecule has 1 N–H and O–H groups in total. The van der Waals surface area contributed by atoms with E-state index in [1.165, 1.54) is 0 Å². The third-order valence-electron chi connectivity index (χ3n) is 1.89. The molecule has 0 radical (unpaired) electrons. The fraction of sp³-hybridized carbons (Fsp3) is 0.667. The molecule has 14 heavy (non-hydrogen) atoms. The number of halogens is 6. The van der Waals surface area contributed by atoms with Gasteiger partial charge in [-0.15, -0.1) is 5.12 Å². The summed E-state index contributed by atoms with van der Waals surface area (Å²) in [6, 6.07) is -5.42. The van der Waals surface area contributed by atoms with E-state index in [0.29, 0.717) is 6.92 Å². The van der Waals surface area contributed by atoms with Crippen LogP contribution in [0.15, 0.2) is 11.8 Å². The van der Waals surface area contributed by atoms with Crippen molar-refractivity contribution in [3.05, 3.63) is 11.8 Å². The standard InChI is InChI=1S/C6H5F6NO/c1-3-2-13(12)6(10,11)5(8,9)4(3,7)14/h2,14H,1H3. The van der Waals surface area contributed by atoms with Crippen molar-refractivity contribution in [3.63, 3.8) is 0 Å². The molecule has 1 heterocycles. The van der Waals surface area contributed by atoms with Gasteiger partial charge in [-0.3, -0.25) is 0 Å². The highest BCUT2D eigenvalue weighted by molar-refractivity contribution is 5.21. The Bertz CT molecular complexity index is 286. The molecule has 1 aliphatic heterocycles. The van der Waals surface area contributed by atoms with Gasteiger partial charge in [0.1, 0.15) is 0 Å². The molecule has 0 aromatic carbocycles. The number of rotatable bonds is 0. The Kier molecular flexibility index (Phi) is 2.04.